The minimum absolute atomic E-state index is 1.09. The molecule has 3 rings (SSSR count). The van der Waals surface area contributed by atoms with Crippen molar-refractivity contribution in [2.45, 2.75) is 51.9 Å². The lowest BCUT2D eigenvalue weighted by molar-refractivity contribution is 0.734. The van der Waals surface area contributed by atoms with Crippen molar-refractivity contribution in [3.8, 4) is 0 Å². The van der Waals surface area contributed by atoms with E-state index in [1.807, 2.05) is 6.21 Å². The number of rotatable bonds is 6. The fraction of sp³-hybridized carbons (Fsp3) is 0.381. The highest BCUT2D eigenvalue weighted by Crippen LogP contribution is 2.25. The molecule has 1 nitrogen and oxygen atoms in total. The van der Waals surface area contributed by atoms with Gasteiger partial charge in [0.2, 0.25) is 0 Å². The van der Waals surface area contributed by atoms with Crippen molar-refractivity contribution in [2.24, 2.45) is 4.99 Å². The maximum atomic E-state index is 4.52. The molecule has 0 spiro atoms. The highest BCUT2D eigenvalue weighted by molar-refractivity contribution is 5.69. The van der Waals surface area contributed by atoms with Gasteiger partial charge < -0.3 is 0 Å². The maximum absolute atomic E-state index is 4.52. The van der Waals surface area contributed by atoms with Gasteiger partial charge in [-0.15, -0.1) is 0 Å². The van der Waals surface area contributed by atoms with Crippen LogP contribution in [0.4, 0.5) is 5.69 Å². The van der Waals surface area contributed by atoms with Crippen LogP contribution in [-0.2, 0) is 25.7 Å². The molecule has 0 aliphatic carbocycles. The van der Waals surface area contributed by atoms with Gasteiger partial charge >= 0.3 is 0 Å². The van der Waals surface area contributed by atoms with Crippen LogP contribution in [0.25, 0.3) is 0 Å². The smallest absolute Gasteiger partial charge is 0.0660 e. The van der Waals surface area contributed by atoms with Crippen LogP contribution in [0.2, 0.25) is 0 Å². The number of fused-ring (bicyclic) bond motifs is 1. The molecule has 0 saturated carbocycles. The average molecular weight is 291 g/mol. The molecule has 1 heterocycles. The van der Waals surface area contributed by atoms with E-state index in [2.05, 4.69) is 54.4 Å². The van der Waals surface area contributed by atoms with Gasteiger partial charge in [0.05, 0.1) is 5.69 Å². The summed E-state index contributed by atoms with van der Waals surface area (Å²) >= 11 is 0. The van der Waals surface area contributed by atoms with E-state index in [4.69, 9.17) is 0 Å². The van der Waals surface area contributed by atoms with E-state index in [1.54, 1.807) is 0 Å². The second-order valence-corrected chi connectivity index (χ2v) is 6.19. The first-order chi connectivity index (χ1) is 10.8. The molecule has 1 aliphatic heterocycles. The lowest BCUT2D eigenvalue weighted by atomic mass is 9.99. The molecule has 0 bridgehead atoms. The van der Waals surface area contributed by atoms with Crippen molar-refractivity contribution in [3.05, 3.63) is 64.7 Å². The molecule has 114 valence electrons. The van der Waals surface area contributed by atoms with E-state index >= 15 is 0 Å². The molecule has 0 radical (unpaired) electrons. The van der Waals surface area contributed by atoms with Gasteiger partial charge in [0, 0.05) is 6.21 Å². The van der Waals surface area contributed by atoms with Crippen LogP contribution in [0.1, 0.15) is 48.4 Å². The van der Waals surface area contributed by atoms with Crippen molar-refractivity contribution in [2.75, 3.05) is 0 Å². The van der Waals surface area contributed by atoms with Gasteiger partial charge in [-0.3, -0.25) is 4.99 Å². The van der Waals surface area contributed by atoms with E-state index < -0.39 is 0 Å². The Bertz CT molecular complexity index is 637. The Kier molecular flexibility index (Phi) is 5.05. The van der Waals surface area contributed by atoms with E-state index in [0.29, 0.717) is 0 Å². The molecular weight excluding hydrogens is 266 g/mol. The van der Waals surface area contributed by atoms with Gasteiger partial charge in [-0.25, -0.2) is 0 Å². The number of unbranched alkanes of at least 4 members (excludes halogenated alkanes) is 1. The zero-order valence-corrected chi connectivity index (χ0v) is 13.5. The van der Waals surface area contributed by atoms with Crippen LogP contribution in [0, 0.1) is 0 Å². The summed E-state index contributed by atoms with van der Waals surface area (Å²) in [4.78, 5) is 4.52. The molecule has 2 aromatic rings. The van der Waals surface area contributed by atoms with Gasteiger partial charge in [0.1, 0.15) is 0 Å². The maximum Gasteiger partial charge on any atom is 0.0660 e. The Labute approximate surface area is 134 Å². The lowest BCUT2D eigenvalue weighted by Crippen LogP contribution is -1.95. The van der Waals surface area contributed by atoms with Gasteiger partial charge in [-0.2, -0.15) is 0 Å². The number of aliphatic imine (C=N–C) groups is 1. The standard InChI is InChI=1S/C21H25N/c1-2-17-9-11-18(12-10-17)6-3-4-7-19-13-14-20-8-5-15-22-21(20)16-19/h9-16H,2-8H2,1H3. The van der Waals surface area contributed by atoms with Crippen molar-refractivity contribution in [1.82, 2.24) is 0 Å². The molecule has 0 saturated heterocycles. The highest BCUT2D eigenvalue weighted by atomic mass is 14.7. The summed E-state index contributed by atoms with van der Waals surface area (Å²) in [6.45, 7) is 2.21. The molecule has 0 fully saturated rings. The monoisotopic (exact) mass is 291 g/mol. The molecule has 0 unspecified atom stereocenters. The second kappa shape index (κ2) is 7.40. The number of nitrogens with zero attached hydrogens (tertiary/aromatic N) is 1. The summed E-state index contributed by atoms with van der Waals surface area (Å²) in [7, 11) is 0. The number of hydrogen-bond acceptors (Lipinski definition) is 1. The average Bonchev–Trinajstić information content (AvgIpc) is 2.59. The lowest BCUT2D eigenvalue weighted by Gasteiger charge is -2.11. The normalized spacial score (nSPS) is 13.1. The third-order valence-electron chi connectivity index (χ3n) is 4.53. The SMILES string of the molecule is CCc1ccc(CCCCc2ccc3c(c2)N=CCC3)cc1. The molecular formula is C21H25N. The van der Waals surface area contributed by atoms with Crippen LogP contribution in [-0.4, -0.2) is 6.21 Å². The Morgan fingerprint density at radius 1 is 0.864 bits per heavy atom. The third kappa shape index (κ3) is 3.85. The summed E-state index contributed by atoms with van der Waals surface area (Å²) in [6.07, 6.45) is 10.3. The van der Waals surface area contributed by atoms with Gasteiger partial charge in [-0.1, -0.05) is 43.3 Å². The van der Waals surface area contributed by atoms with Crippen LogP contribution >= 0.6 is 0 Å². The zero-order valence-electron chi connectivity index (χ0n) is 13.5. The number of benzene rings is 2. The fourth-order valence-electron chi connectivity index (χ4n) is 3.08. The van der Waals surface area contributed by atoms with Gasteiger partial charge in [-0.05, 0) is 73.3 Å². The van der Waals surface area contributed by atoms with Crippen molar-refractivity contribution < 1.29 is 0 Å². The minimum Gasteiger partial charge on any atom is -0.261 e. The van der Waals surface area contributed by atoms with Gasteiger partial charge in [0.15, 0.2) is 0 Å². The molecule has 1 heteroatoms. The van der Waals surface area contributed by atoms with Crippen molar-refractivity contribution >= 4 is 11.9 Å². The predicted molar refractivity (Wildman–Crippen MR) is 95.4 cm³/mol. The quantitative estimate of drug-likeness (QED) is 0.626. The summed E-state index contributed by atoms with van der Waals surface area (Å²) in [5, 5.41) is 0. The van der Waals surface area contributed by atoms with Gasteiger partial charge in [0.25, 0.3) is 0 Å². The van der Waals surface area contributed by atoms with Crippen LogP contribution in [0.15, 0.2) is 47.5 Å². The first-order valence-corrected chi connectivity index (χ1v) is 8.57. The Morgan fingerprint density at radius 2 is 1.55 bits per heavy atom. The molecule has 1 aliphatic rings. The largest absolute Gasteiger partial charge is 0.261 e. The highest BCUT2D eigenvalue weighted by Gasteiger charge is 2.06. The summed E-state index contributed by atoms with van der Waals surface area (Å²) in [5.41, 5.74) is 6.92. The fourth-order valence-corrected chi connectivity index (χ4v) is 3.08. The Morgan fingerprint density at radius 3 is 2.32 bits per heavy atom. The molecule has 0 atom stereocenters. The van der Waals surface area contributed by atoms with E-state index in [-0.39, 0.29) is 0 Å². The van der Waals surface area contributed by atoms with E-state index in [1.165, 1.54) is 47.2 Å². The topological polar surface area (TPSA) is 12.4 Å². The van der Waals surface area contributed by atoms with Crippen molar-refractivity contribution in [1.29, 1.82) is 0 Å². The number of hydrogen-bond donors (Lipinski definition) is 0. The molecule has 22 heavy (non-hydrogen) atoms. The molecule has 2 aromatic carbocycles. The Hall–Kier alpha value is -1.89. The summed E-state index contributed by atoms with van der Waals surface area (Å²) in [6, 6.07) is 15.9. The van der Waals surface area contributed by atoms with Crippen LogP contribution in [0.3, 0.4) is 0 Å². The molecule has 0 aromatic heterocycles. The first kappa shape index (κ1) is 15.0. The van der Waals surface area contributed by atoms with E-state index in [0.717, 1.165) is 25.7 Å². The summed E-state index contributed by atoms with van der Waals surface area (Å²) in [5.74, 6) is 0. The molecule has 0 amide bonds. The van der Waals surface area contributed by atoms with E-state index in [9.17, 15) is 0 Å². The van der Waals surface area contributed by atoms with Crippen LogP contribution < -0.4 is 0 Å². The van der Waals surface area contributed by atoms with Crippen molar-refractivity contribution in [3.63, 3.8) is 0 Å². The first-order valence-electron chi connectivity index (χ1n) is 8.57. The second-order valence-electron chi connectivity index (χ2n) is 6.19. The Balaban J connectivity index is 1.48. The number of aryl methyl sites for hydroxylation is 4. The summed E-state index contributed by atoms with van der Waals surface area (Å²) < 4.78 is 0. The van der Waals surface area contributed by atoms with Crippen LogP contribution in [0.5, 0.6) is 0 Å². The minimum atomic E-state index is 1.09. The zero-order chi connectivity index (χ0) is 15.2. The predicted octanol–water partition coefficient (Wildman–Crippen LogP) is 5.46. The molecule has 0 N–H and O–H groups in total. The third-order valence-corrected chi connectivity index (χ3v) is 4.53.